The van der Waals surface area contributed by atoms with Gasteiger partial charge in [0, 0.05) is 25.2 Å². The summed E-state index contributed by atoms with van der Waals surface area (Å²) in [5.74, 6) is 0. The molecule has 1 aliphatic carbocycles. The van der Waals surface area contributed by atoms with Crippen LogP contribution in [0, 0.1) is 0 Å². The van der Waals surface area contributed by atoms with Crippen LogP contribution in [-0.2, 0) is 14.9 Å². The van der Waals surface area contributed by atoms with E-state index in [-0.39, 0.29) is 17.9 Å². The number of nitrogens with two attached hydrogens (primary N) is 1. The van der Waals surface area contributed by atoms with Crippen molar-refractivity contribution >= 4 is 22.6 Å². The Kier molecular flexibility index (Phi) is 7.17. The van der Waals surface area contributed by atoms with Gasteiger partial charge in [0.05, 0.1) is 13.2 Å². The van der Waals surface area contributed by atoms with Crippen molar-refractivity contribution in [2.45, 2.75) is 44.1 Å². The van der Waals surface area contributed by atoms with Crippen LogP contribution < -0.4 is 10.5 Å². The number of hydrogen-bond donors (Lipinski definition) is 2. The van der Waals surface area contributed by atoms with Crippen LogP contribution in [0.1, 0.15) is 38.5 Å². The summed E-state index contributed by atoms with van der Waals surface area (Å²) in [6.45, 7) is 2.12. The molecule has 8 heteroatoms. The first-order valence-corrected chi connectivity index (χ1v) is 8.57. The third-order valence-electron chi connectivity index (χ3n) is 4.02. The monoisotopic (exact) mass is 327 g/mol. The van der Waals surface area contributed by atoms with Gasteiger partial charge in [-0.15, -0.1) is 12.4 Å². The van der Waals surface area contributed by atoms with E-state index < -0.39 is 10.2 Å². The van der Waals surface area contributed by atoms with Gasteiger partial charge in [-0.3, -0.25) is 0 Å². The highest BCUT2D eigenvalue weighted by Gasteiger charge is 2.30. The van der Waals surface area contributed by atoms with E-state index in [9.17, 15) is 8.42 Å². The first-order valence-electron chi connectivity index (χ1n) is 7.13. The molecule has 20 heavy (non-hydrogen) atoms. The van der Waals surface area contributed by atoms with Gasteiger partial charge < -0.3 is 10.5 Å². The predicted molar refractivity (Wildman–Crippen MR) is 81.2 cm³/mol. The summed E-state index contributed by atoms with van der Waals surface area (Å²) >= 11 is 0. The molecule has 6 nitrogen and oxygen atoms in total. The van der Waals surface area contributed by atoms with Gasteiger partial charge in [-0.1, -0.05) is 25.7 Å². The molecular weight excluding hydrogens is 302 g/mol. The highest BCUT2D eigenvalue weighted by molar-refractivity contribution is 7.87. The summed E-state index contributed by atoms with van der Waals surface area (Å²) in [6, 6.07) is 0. The maximum Gasteiger partial charge on any atom is 0.279 e. The molecule has 3 N–H and O–H groups in total. The van der Waals surface area contributed by atoms with E-state index >= 15 is 0 Å². The highest BCUT2D eigenvalue weighted by atomic mass is 35.5. The molecule has 2 aliphatic rings. The number of rotatable bonds is 4. The summed E-state index contributed by atoms with van der Waals surface area (Å²) in [7, 11) is -3.41. The Morgan fingerprint density at radius 2 is 1.65 bits per heavy atom. The molecule has 0 aromatic rings. The maximum absolute atomic E-state index is 12.2. The van der Waals surface area contributed by atoms with E-state index in [2.05, 4.69) is 4.72 Å². The minimum atomic E-state index is -3.41. The van der Waals surface area contributed by atoms with Gasteiger partial charge in [-0.25, -0.2) is 4.72 Å². The standard InChI is InChI=1S/C12H25N3O3S.ClH/c13-12(5-3-1-2-4-6-12)11-14-19(16,17)15-7-9-18-10-8-15;/h14H,1-11,13H2;1H. The third kappa shape index (κ3) is 5.13. The smallest absolute Gasteiger partial charge is 0.279 e. The van der Waals surface area contributed by atoms with Crippen molar-refractivity contribution in [3.05, 3.63) is 0 Å². The van der Waals surface area contributed by atoms with E-state index in [4.69, 9.17) is 10.5 Å². The van der Waals surface area contributed by atoms with Crippen molar-refractivity contribution in [3.63, 3.8) is 0 Å². The average molecular weight is 328 g/mol. The molecule has 0 atom stereocenters. The van der Waals surface area contributed by atoms with E-state index in [1.165, 1.54) is 17.1 Å². The van der Waals surface area contributed by atoms with Gasteiger partial charge >= 0.3 is 0 Å². The van der Waals surface area contributed by atoms with Gasteiger partial charge in [-0.05, 0) is 12.8 Å². The highest BCUT2D eigenvalue weighted by Crippen LogP contribution is 2.24. The molecule has 0 spiro atoms. The lowest BCUT2D eigenvalue weighted by molar-refractivity contribution is 0.0724. The second-order valence-electron chi connectivity index (χ2n) is 5.61. The van der Waals surface area contributed by atoms with Crippen LogP contribution in [0.15, 0.2) is 0 Å². The Morgan fingerprint density at radius 1 is 1.10 bits per heavy atom. The Bertz CT molecular complexity index is 377. The first kappa shape index (κ1) is 18.1. The van der Waals surface area contributed by atoms with Crippen molar-refractivity contribution < 1.29 is 13.2 Å². The van der Waals surface area contributed by atoms with Crippen LogP contribution in [-0.4, -0.2) is 51.1 Å². The quantitative estimate of drug-likeness (QED) is 0.742. The summed E-state index contributed by atoms with van der Waals surface area (Å²) in [5.41, 5.74) is 5.95. The van der Waals surface area contributed by atoms with E-state index in [1.54, 1.807) is 0 Å². The van der Waals surface area contributed by atoms with Gasteiger partial charge in [-0.2, -0.15) is 12.7 Å². The zero-order valence-electron chi connectivity index (χ0n) is 11.8. The largest absolute Gasteiger partial charge is 0.379 e. The summed E-state index contributed by atoms with van der Waals surface area (Å²) in [5, 5.41) is 0. The molecule has 0 unspecified atom stereocenters. The molecule has 1 saturated carbocycles. The number of morpholine rings is 1. The van der Waals surface area contributed by atoms with Gasteiger partial charge in [0.15, 0.2) is 0 Å². The number of hydrogen-bond acceptors (Lipinski definition) is 4. The second kappa shape index (κ2) is 7.91. The fourth-order valence-electron chi connectivity index (χ4n) is 2.72. The van der Waals surface area contributed by atoms with Crippen molar-refractivity contribution in [3.8, 4) is 0 Å². The first-order chi connectivity index (χ1) is 9.02. The van der Waals surface area contributed by atoms with Crippen LogP contribution in [0.2, 0.25) is 0 Å². The van der Waals surface area contributed by atoms with Crippen LogP contribution in [0.5, 0.6) is 0 Å². The molecule has 0 radical (unpaired) electrons. The van der Waals surface area contributed by atoms with E-state index in [0.717, 1.165) is 25.7 Å². The van der Waals surface area contributed by atoms with Gasteiger partial charge in [0.2, 0.25) is 0 Å². The normalized spacial score (nSPS) is 24.6. The molecule has 1 heterocycles. The Hall–Kier alpha value is 0.0800. The topological polar surface area (TPSA) is 84.7 Å². The zero-order chi connectivity index (χ0) is 13.8. The average Bonchev–Trinajstić information content (AvgIpc) is 2.63. The summed E-state index contributed by atoms with van der Waals surface area (Å²) in [4.78, 5) is 0. The lowest BCUT2D eigenvalue weighted by Gasteiger charge is -2.31. The van der Waals surface area contributed by atoms with Crippen molar-refractivity contribution in [1.29, 1.82) is 0 Å². The SMILES string of the molecule is Cl.NC1(CNS(=O)(=O)N2CCOCC2)CCCCCC1. The van der Waals surface area contributed by atoms with Crippen molar-refractivity contribution in [1.82, 2.24) is 9.03 Å². The third-order valence-corrected chi connectivity index (χ3v) is 5.57. The van der Waals surface area contributed by atoms with Crippen LogP contribution in [0.25, 0.3) is 0 Å². The molecule has 120 valence electrons. The Balaban J connectivity index is 0.00000200. The molecule has 1 saturated heterocycles. The predicted octanol–water partition coefficient (Wildman–Crippen LogP) is 0.627. The number of halogens is 1. The van der Waals surface area contributed by atoms with Crippen LogP contribution >= 0.6 is 12.4 Å². The molecule has 0 bridgehead atoms. The Labute approximate surface area is 128 Å². The molecule has 0 aromatic heterocycles. The number of ether oxygens (including phenoxy) is 1. The van der Waals surface area contributed by atoms with E-state index in [0.29, 0.717) is 32.8 Å². The zero-order valence-corrected chi connectivity index (χ0v) is 13.5. The molecular formula is C12H26ClN3O3S. The molecule has 0 amide bonds. The lowest BCUT2D eigenvalue weighted by atomic mass is 9.92. The van der Waals surface area contributed by atoms with Crippen molar-refractivity contribution in [2.75, 3.05) is 32.8 Å². The minimum absolute atomic E-state index is 0. The maximum atomic E-state index is 12.2. The number of nitrogens with one attached hydrogen (secondary N) is 1. The van der Waals surface area contributed by atoms with Crippen LogP contribution in [0.4, 0.5) is 0 Å². The fraction of sp³-hybridized carbons (Fsp3) is 1.00. The molecule has 1 aliphatic heterocycles. The summed E-state index contributed by atoms with van der Waals surface area (Å²) < 4.78 is 33.6. The molecule has 0 aromatic carbocycles. The van der Waals surface area contributed by atoms with Gasteiger partial charge in [0.1, 0.15) is 0 Å². The molecule has 2 fully saturated rings. The second-order valence-corrected chi connectivity index (χ2v) is 7.37. The lowest BCUT2D eigenvalue weighted by Crippen LogP contribution is -2.54. The van der Waals surface area contributed by atoms with E-state index in [1.807, 2.05) is 0 Å². The molecule has 2 rings (SSSR count). The Morgan fingerprint density at radius 3 is 2.20 bits per heavy atom. The van der Waals surface area contributed by atoms with Gasteiger partial charge in [0.25, 0.3) is 10.2 Å². The summed E-state index contributed by atoms with van der Waals surface area (Å²) in [6.07, 6.45) is 6.40. The minimum Gasteiger partial charge on any atom is -0.379 e. The fourth-order valence-corrected chi connectivity index (χ4v) is 4.00. The van der Waals surface area contributed by atoms with Crippen molar-refractivity contribution in [2.24, 2.45) is 5.73 Å². The number of nitrogens with zero attached hydrogens (tertiary/aromatic N) is 1. The van der Waals surface area contributed by atoms with Crippen LogP contribution in [0.3, 0.4) is 0 Å².